The van der Waals surface area contributed by atoms with Crippen LogP contribution < -0.4 is 16.0 Å². The van der Waals surface area contributed by atoms with E-state index in [2.05, 4.69) is 10.6 Å². The Labute approximate surface area is 152 Å². The zero-order valence-corrected chi connectivity index (χ0v) is 14.2. The number of rotatable bonds is 5. The fraction of sp³-hybridized carbons (Fsp3) is 0.222. The van der Waals surface area contributed by atoms with Crippen LogP contribution in [0.4, 0.5) is 28.0 Å². The summed E-state index contributed by atoms with van der Waals surface area (Å²) in [4.78, 5) is 23.5. The highest BCUT2D eigenvalue weighted by Gasteiger charge is 2.40. The van der Waals surface area contributed by atoms with E-state index in [0.29, 0.717) is 5.56 Å². The van der Waals surface area contributed by atoms with Crippen LogP contribution in [0.15, 0.2) is 48.5 Å². The Hall–Kier alpha value is -3.10. The largest absolute Gasteiger partial charge is 0.408 e. The minimum absolute atomic E-state index is 0.0202. The topological polar surface area (TPSA) is 70.2 Å². The van der Waals surface area contributed by atoms with Crippen molar-refractivity contribution >= 4 is 17.6 Å². The van der Waals surface area contributed by atoms with Gasteiger partial charge in [0.15, 0.2) is 0 Å². The average Bonchev–Trinajstić information content (AvgIpc) is 2.62. The van der Waals surface area contributed by atoms with Crippen molar-refractivity contribution in [3.8, 4) is 0 Å². The summed E-state index contributed by atoms with van der Waals surface area (Å²) in [5.74, 6) is -1.55. The molecule has 27 heavy (non-hydrogen) atoms. The second-order valence-corrected chi connectivity index (χ2v) is 5.66. The van der Waals surface area contributed by atoms with Gasteiger partial charge in [0.1, 0.15) is 11.9 Å². The summed E-state index contributed by atoms with van der Waals surface area (Å²) in [7, 11) is 1.30. The van der Waals surface area contributed by atoms with Gasteiger partial charge >= 0.3 is 12.2 Å². The van der Waals surface area contributed by atoms with E-state index >= 15 is 0 Å². The third-order valence-electron chi connectivity index (χ3n) is 3.68. The van der Waals surface area contributed by atoms with Crippen LogP contribution in [0.3, 0.4) is 0 Å². The number of urea groups is 1. The fourth-order valence-electron chi connectivity index (χ4n) is 2.34. The van der Waals surface area contributed by atoms with Crippen molar-refractivity contribution in [1.82, 2.24) is 10.6 Å². The van der Waals surface area contributed by atoms with Crippen molar-refractivity contribution in [2.45, 2.75) is 18.6 Å². The quantitative estimate of drug-likeness (QED) is 0.692. The van der Waals surface area contributed by atoms with Crippen LogP contribution in [0.2, 0.25) is 0 Å². The Morgan fingerprint density at radius 2 is 1.74 bits per heavy atom. The van der Waals surface area contributed by atoms with E-state index in [0.717, 1.165) is 18.2 Å². The Morgan fingerprint density at radius 3 is 2.33 bits per heavy atom. The summed E-state index contributed by atoms with van der Waals surface area (Å²) in [6.07, 6.45) is -5.10. The number of anilines is 1. The predicted molar refractivity (Wildman–Crippen MR) is 91.9 cm³/mol. The van der Waals surface area contributed by atoms with E-state index < -0.39 is 36.4 Å². The van der Waals surface area contributed by atoms with Crippen LogP contribution in [-0.4, -0.2) is 31.2 Å². The zero-order chi connectivity index (χ0) is 20.0. The molecule has 0 bridgehead atoms. The van der Waals surface area contributed by atoms with E-state index in [-0.39, 0.29) is 11.3 Å². The molecule has 9 heteroatoms. The number of carbonyl (C=O) groups excluding carboxylic acids is 2. The normalized spacial score (nSPS) is 12.2. The molecule has 0 aromatic heterocycles. The highest BCUT2D eigenvalue weighted by Crippen LogP contribution is 2.23. The van der Waals surface area contributed by atoms with E-state index in [1.54, 1.807) is 18.2 Å². The van der Waals surface area contributed by atoms with Crippen LogP contribution in [0, 0.1) is 5.82 Å². The van der Waals surface area contributed by atoms with Gasteiger partial charge < -0.3 is 16.0 Å². The first kappa shape index (κ1) is 20.2. The van der Waals surface area contributed by atoms with Crippen LogP contribution in [-0.2, 0) is 6.42 Å². The molecule has 144 valence electrons. The number of benzene rings is 2. The first-order valence-corrected chi connectivity index (χ1v) is 7.90. The first-order chi connectivity index (χ1) is 12.7. The molecular formula is C18H17F4N3O2. The maximum Gasteiger partial charge on any atom is 0.408 e. The summed E-state index contributed by atoms with van der Waals surface area (Å²) in [5, 5.41) is 6.27. The van der Waals surface area contributed by atoms with E-state index in [9.17, 15) is 27.2 Å². The van der Waals surface area contributed by atoms with Crippen molar-refractivity contribution in [2.75, 3.05) is 12.4 Å². The van der Waals surface area contributed by atoms with Gasteiger partial charge in [0.05, 0.1) is 5.56 Å². The van der Waals surface area contributed by atoms with Crippen LogP contribution in [0.25, 0.3) is 0 Å². The molecule has 0 saturated heterocycles. The van der Waals surface area contributed by atoms with Gasteiger partial charge in [0, 0.05) is 19.2 Å². The minimum atomic E-state index is -4.66. The third kappa shape index (κ3) is 5.70. The first-order valence-electron chi connectivity index (χ1n) is 7.90. The smallest absolute Gasteiger partial charge is 0.355 e. The lowest BCUT2D eigenvalue weighted by molar-refractivity contribution is -0.152. The van der Waals surface area contributed by atoms with Crippen molar-refractivity contribution in [3.05, 3.63) is 65.5 Å². The molecule has 3 N–H and O–H groups in total. The van der Waals surface area contributed by atoms with Gasteiger partial charge in [-0.05, 0) is 23.8 Å². The van der Waals surface area contributed by atoms with Crippen molar-refractivity contribution in [1.29, 1.82) is 0 Å². The molecule has 0 aliphatic rings. The van der Waals surface area contributed by atoms with E-state index in [1.807, 2.05) is 5.32 Å². The second-order valence-electron chi connectivity index (χ2n) is 5.66. The maximum atomic E-state index is 13.6. The Bertz CT molecular complexity index is 810. The molecule has 0 aliphatic carbocycles. The highest BCUT2D eigenvalue weighted by molar-refractivity contribution is 5.97. The molecule has 3 amide bonds. The van der Waals surface area contributed by atoms with Gasteiger partial charge in [-0.15, -0.1) is 0 Å². The Kier molecular flexibility index (Phi) is 6.38. The molecule has 2 aromatic carbocycles. The third-order valence-corrected chi connectivity index (χ3v) is 3.68. The molecule has 0 spiro atoms. The molecular weight excluding hydrogens is 366 g/mol. The lowest BCUT2D eigenvalue weighted by atomic mass is 10.1. The van der Waals surface area contributed by atoms with Gasteiger partial charge in [0.2, 0.25) is 0 Å². The van der Waals surface area contributed by atoms with E-state index in [4.69, 9.17) is 0 Å². The van der Waals surface area contributed by atoms with Crippen LogP contribution >= 0.6 is 0 Å². The molecule has 0 aliphatic heterocycles. The van der Waals surface area contributed by atoms with Crippen molar-refractivity contribution in [2.24, 2.45) is 0 Å². The summed E-state index contributed by atoms with van der Waals surface area (Å²) in [6, 6.07) is 7.79. The summed E-state index contributed by atoms with van der Waals surface area (Å²) >= 11 is 0. The number of amides is 3. The fourth-order valence-corrected chi connectivity index (χ4v) is 2.34. The highest BCUT2D eigenvalue weighted by atomic mass is 19.4. The van der Waals surface area contributed by atoms with Gasteiger partial charge in [-0.25, -0.2) is 9.18 Å². The Balaban J connectivity index is 2.11. The van der Waals surface area contributed by atoms with Crippen molar-refractivity contribution < 1.29 is 27.2 Å². The molecule has 2 rings (SSSR count). The summed E-state index contributed by atoms with van der Waals surface area (Å²) in [6.45, 7) is 0. The van der Waals surface area contributed by atoms with Crippen LogP contribution in [0.1, 0.15) is 15.9 Å². The summed E-state index contributed by atoms with van der Waals surface area (Å²) in [5.41, 5.74) is 0.0453. The minimum Gasteiger partial charge on any atom is -0.355 e. The summed E-state index contributed by atoms with van der Waals surface area (Å²) < 4.78 is 53.3. The molecule has 5 nitrogen and oxygen atoms in total. The number of hydrogen-bond acceptors (Lipinski definition) is 2. The number of alkyl halides is 3. The number of carbonyl (C=O) groups is 2. The maximum absolute atomic E-state index is 13.6. The standard InChI is InChI=1S/C18H17F4N3O2/c1-23-16(26)13-10-12(7-8-14(13)19)24-17(27)25-15(18(20,21)22)9-11-5-3-2-4-6-11/h2-8,10,15H,9H2,1H3,(H,23,26)(H2,24,25,27)/t15-/m0/s1. The molecule has 0 saturated carbocycles. The monoisotopic (exact) mass is 383 g/mol. The number of halogens is 4. The average molecular weight is 383 g/mol. The SMILES string of the molecule is CNC(=O)c1cc(NC(=O)N[C@@H](Cc2ccccc2)C(F)(F)F)ccc1F. The molecule has 0 heterocycles. The van der Waals surface area contributed by atoms with Gasteiger partial charge in [-0.3, -0.25) is 4.79 Å². The van der Waals surface area contributed by atoms with Gasteiger partial charge in [-0.1, -0.05) is 30.3 Å². The predicted octanol–water partition coefficient (Wildman–Crippen LogP) is 3.48. The molecule has 2 aromatic rings. The van der Waals surface area contributed by atoms with Crippen molar-refractivity contribution in [3.63, 3.8) is 0 Å². The Morgan fingerprint density at radius 1 is 1.07 bits per heavy atom. The molecule has 1 atom stereocenters. The zero-order valence-electron chi connectivity index (χ0n) is 14.2. The van der Waals surface area contributed by atoms with Gasteiger partial charge in [0.25, 0.3) is 5.91 Å². The molecule has 0 unspecified atom stereocenters. The lowest BCUT2D eigenvalue weighted by Crippen LogP contribution is -2.48. The van der Waals surface area contributed by atoms with Crippen LogP contribution in [0.5, 0.6) is 0 Å². The number of nitrogens with one attached hydrogen (secondary N) is 3. The molecule has 0 radical (unpaired) electrons. The van der Waals surface area contributed by atoms with Gasteiger partial charge in [-0.2, -0.15) is 13.2 Å². The molecule has 0 fully saturated rings. The lowest BCUT2D eigenvalue weighted by Gasteiger charge is -2.22. The van der Waals surface area contributed by atoms with E-state index in [1.165, 1.54) is 19.2 Å². The second kappa shape index (κ2) is 8.52. The number of hydrogen-bond donors (Lipinski definition) is 3.